The highest BCUT2D eigenvalue weighted by Crippen LogP contribution is 2.37. The molecule has 0 spiro atoms. The summed E-state index contributed by atoms with van der Waals surface area (Å²) < 4.78 is 35.8. The molecule has 2 aliphatic rings. The third kappa shape index (κ3) is 17.4. The normalized spacial score (nSPS) is 18.3. The number of halogens is 1. The highest BCUT2D eigenvalue weighted by Gasteiger charge is 2.33. The number of carbonyl (C=O) groups excluding carboxylic acids is 4. The Morgan fingerprint density at radius 2 is 1.09 bits per heavy atom. The van der Waals surface area contributed by atoms with Crippen molar-refractivity contribution in [1.29, 1.82) is 0 Å². The van der Waals surface area contributed by atoms with Gasteiger partial charge in [-0.2, -0.15) is 0 Å². The van der Waals surface area contributed by atoms with Crippen LogP contribution in [0, 0.1) is 6.92 Å². The molecule has 70 heavy (non-hydrogen) atoms. The monoisotopic (exact) mass is 993 g/mol. The molecule has 2 amide bonds. The first-order valence-electron chi connectivity index (χ1n) is 24.5. The van der Waals surface area contributed by atoms with E-state index in [9.17, 15) is 19.2 Å². The van der Waals surface area contributed by atoms with E-state index < -0.39 is 17.3 Å². The Balaban J connectivity index is 0.000000261. The van der Waals surface area contributed by atoms with E-state index in [2.05, 4.69) is 30.0 Å². The minimum atomic E-state index is -0.529. The lowest BCUT2D eigenvalue weighted by atomic mass is 10.1. The average Bonchev–Trinajstić information content (AvgIpc) is 4.11. The van der Waals surface area contributed by atoms with Gasteiger partial charge in [-0.1, -0.05) is 23.8 Å². The maximum atomic E-state index is 12.2. The van der Waals surface area contributed by atoms with Crippen LogP contribution < -0.4 is 10.6 Å². The predicted molar refractivity (Wildman–Crippen MR) is 267 cm³/mol. The third-order valence-electron chi connectivity index (χ3n) is 11.4. The number of aromatic nitrogens is 6. The second kappa shape index (κ2) is 26.6. The number of amides is 2. The summed E-state index contributed by atoms with van der Waals surface area (Å²) in [6.07, 6.45) is 21.6. The van der Waals surface area contributed by atoms with Crippen molar-refractivity contribution in [3.05, 3.63) is 70.8 Å². The fourth-order valence-electron chi connectivity index (χ4n) is 8.36. The van der Waals surface area contributed by atoms with Crippen molar-refractivity contribution in [2.75, 3.05) is 39.6 Å². The van der Waals surface area contributed by atoms with Crippen molar-refractivity contribution in [3.8, 4) is 0 Å². The maximum Gasteiger partial charge on any atom is 0.407 e. The topological polar surface area (TPSA) is 208 Å². The molecule has 384 valence electrons. The van der Waals surface area contributed by atoms with Crippen LogP contribution >= 0.6 is 11.6 Å². The Morgan fingerprint density at radius 1 is 0.643 bits per heavy atom. The standard InChI is InChI=1S/C26H38N4O5.C25H35ClN4O5/c1-6-34-23(31)12-14-33-13-8-7-9-21-16-27-18(2)22-17-28-24(30(21)22)19-10-11-20(15-19)29-25(32)35-26(3,4)5;1-5-34-21(31)11-13-33-12-7-6-8-19-15-27-22(26)20-16-28-23(30(19)20)17-9-10-18(14-17)29-24(32)35-25(2,3)4/h7,9,16-17,19-20H,6,8,10-15H2,1-5H3,(H,29,32);6,8,15-18H,5,7,9-14H2,1-4H3,(H,29,32)/b9-7+;8-6+/t19-,20-;17-,18-/m11/s1. The van der Waals surface area contributed by atoms with Gasteiger partial charge in [-0.05, 0) is 126 Å². The number of rotatable bonds is 20. The van der Waals surface area contributed by atoms with Gasteiger partial charge in [-0.25, -0.2) is 24.5 Å². The molecule has 18 nitrogen and oxygen atoms in total. The summed E-state index contributed by atoms with van der Waals surface area (Å²) in [4.78, 5) is 65.3. The minimum Gasteiger partial charge on any atom is -0.466 e. The molecular formula is C51H73ClN8O10. The van der Waals surface area contributed by atoms with Crippen LogP contribution in [0.1, 0.15) is 160 Å². The first-order chi connectivity index (χ1) is 33.3. The Bertz CT molecular complexity index is 2250. The lowest BCUT2D eigenvalue weighted by molar-refractivity contribution is -0.145. The van der Waals surface area contributed by atoms with E-state index in [1.165, 1.54) is 0 Å². The summed E-state index contributed by atoms with van der Waals surface area (Å²) in [6.45, 7) is 19.2. The zero-order valence-corrected chi connectivity index (χ0v) is 43.1. The Hall–Kier alpha value is -5.59. The van der Waals surface area contributed by atoms with Gasteiger partial charge in [-0.15, -0.1) is 0 Å². The summed E-state index contributed by atoms with van der Waals surface area (Å²) in [5.41, 5.74) is 3.43. The number of nitrogens with zero attached hydrogens (tertiary/aromatic N) is 6. The fraction of sp³-hybridized carbons (Fsp3) is 0.608. The summed E-state index contributed by atoms with van der Waals surface area (Å²) in [5.74, 6) is 1.82. The predicted octanol–water partition coefficient (Wildman–Crippen LogP) is 9.49. The minimum absolute atomic E-state index is 0.0326. The largest absolute Gasteiger partial charge is 0.466 e. The van der Waals surface area contributed by atoms with Crippen LogP contribution in [0.3, 0.4) is 0 Å². The number of fused-ring (bicyclic) bond motifs is 2. The van der Waals surface area contributed by atoms with Gasteiger partial charge in [0.05, 0.1) is 99.9 Å². The average molecular weight is 994 g/mol. The molecule has 0 unspecified atom stereocenters. The van der Waals surface area contributed by atoms with Crippen molar-refractivity contribution in [1.82, 2.24) is 39.4 Å². The number of carbonyl (C=O) groups is 4. The van der Waals surface area contributed by atoms with E-state index in [1.807, 2.05) is 89.6 Å². The number of alkyl carbamates (subject to hydrolysis) is 2. The van der Waals surface area contributed by atoms with Crippen LogP contribution in [-0.2, 0) is 38.0 Å². The number of hydrogen-bond donors (Lipinski definition) is 2. The fourth-order valence-corrected chi connectivity index (χ4v) is 8.54. The van der Waals surface area contributed by atoms with Gasteiger partial charge in [0.25, 0.3) is 0 Å². The molecule has 0 saturated heterocycles. The highest BCUT2D eigenvalue weighted by molar-refractivity contribution is 6.32. The van der Waals surface area contributed by atoms with Crippen molar-refractivity contribution < 1.29 is 47.6 Å². The molecule has 2 saturated carbocycles. The van der Waals surface area contributed by atoms with Crippen LogP contribution in [-0.4, -0.2) is 116 Å². The second-order valence-corrected chi connectivity index (χ2v) is 19.7. The molecule has 0 aromatic carbocycles. The number of nitrogens with one attached hydrogen (secondary N) is 2. The quantitative estimate of drug-likeness (QED) is 0.0480. The molecule has 6 rings (SSSR count). The molecule has 0 radical (unpaired) electrons. The van der Waals surface area contributed by atoms with Crippen molar-refractivity contribution in [2.24, 2.45) is 0 Å². The summed E-state index contributed by atoms with van der Waals surface area (Å²) in [5, 5.41) is 6.38. The van der Waals surface area contributed by atoms with Crippen molar-refractivity contribution in [3.63, 3.8) is 0 Å². The summed E-state index contributed by atoms with van der Waals surface area (Å²) in [7, 11) is 0. The zero-order chi connectivity index (χ0) is 50.8. The summed E-state index contributed by atoms with van der Waals surface area (Å²) in [6, 6.07) is 0.0983. The van der Waals surface area contributed by atoms with Crippen LogP contribution in [0.2, 0.25) is 5.15 Å². The molecule has 4 atom stereocenters. The van der Waals surface area contributed by atoms with Crippen LogP contribution in [0.5, 0.6) is 0 Å². The molecule has 4 aromatic rings. The van der Waals surface area contributed by atoms with E-state index in [0.29, 0.717) is 57.6 Å². The zero-order valence-electron chi connectivity index (χ0n) is 42.4. The van der Waals surface area contributed by atoms with E-state index in [4.69, 9.17) is 45.0 Å². The smallest absolute Gasteiger partial charge is 0.407 e. The number of esters is 2. The first-order valence-corrected chi connectivity index (χ1v) is 24.9. The van der Waals surface area contributed by atoms with Gasteiger partial charge < -0.3 is 39.1 Å². The molecule has 2 N–H and O–H groups in total. The molecule has 4 aromatic heterocycles. The Kier molecular flexibility index (Phi) is 21.0. The van der Waals surface area contributed by atoms with Gasteiger partial charge in [-0.3, -0.25) is 23.4 Å². The molecular weight excluding hydrogens is 920 g/mol. The number of ether oxygens (including phenoxy) is 6. The molecule has 2 aliphatic carbocycles. The molecule has 4 heterocycles. The number of hydrogen-bond acceptors (Lipinski definition) is 14. The van der Waals surface area contributed by atoms with E-state index >= 15 is 0 Å². The van der Waals surface area contributed by atoms with Crippen LogP contribution in [0.4, 0.5) is 9.59 Å². The maximum absolute atomic E-state index is 12.2. The van der Waals surface area contributed by atoms with Gasteiger partial charge in [0.1, 0.15) is 28.4 Å². The van der Waals surface area contributed by atoms with Gasteiger partial charge in [0.2, 0.25) is 0 Å². The third-order valence-corrected chi connectivity index (χ3v) is 11.7. The SMILES string of the molecule is CCOC(=O)CCOCC/C=C/c1cnc(C)c2cnc([C@@H]3CC[C@@H](NC(=O)OC(C)(C)C)C3)n12.CCOC(=O)CCOCC/C=C/c1cnc(Cl)c2cnc([C@@H]3CC[C@@H](NC(=O)OC(C)(C)C)C3)n12. The van der Waals surface area contributed by atoms with Crippen molar-refractivity contribution >= 4 is 58.9 Å². The van der Waals surface area contributed by atoms with E-state index in [-0.39, 0.29) is 54.8 Å². The lowest BCUT2D eigenvalue weighted by Gasteiger charge is -2.21. The molecule has 0 aliphatic heterocycles. The molecule has 0 bridgehead atoms. The first kappa shape index (κ1) is 55.3. The number of imidazole rings is 2. The second-order valence-electron chi connectivity index (χ2n) is 19.3. The molecule has 19 heteroatoms. The van der Waals surface area contributed by atoms with Crippen LogP contribution in [0.25, 0.3) is 23.2 Å². The Morgan fingerprint density at radius 3 is 1.54 bits per heavy atom. The molecule has 2 fully saturated rings. The van der Waals surface area contributed by atoms with E-state index in [1.54, 1.807) is 26.2 Å². The highest BCUT2D eigenvalue weighted by atomic mass is 35.5. The van der Waals surface area contributed by atoms with Gasteiger partial charge in [0.15, 0.2) is 5.15 Å². The van der Waals surface area contributed by atoms with Gasteiger partial charge >= 0.3 is 24.1 Å². The Labute approximate surface area is 416 Å². The number of aryl methyl sites for hydroxylation is 1. The van der Waals surface area contributed by atoms with Gasteiger partial charge in [0, 0.05) is 23.9 Å². The van der Waals surface area contributed by atoms with Crippen molar-refractivity contribution in [2.45, 2.75) is 162 Å². The summed E-state index contributed by atoms with van der Waals surface area (Å²) >= 11 is 6.35. The van der Waals surface area contributed by atoms with Crippen LogP contribution in [0.15, 0.2) is 36.9 Å². The van der Waals surface area contributed by atoms with E-state index in [0.717, 1.165) is 78.3 Å². The lowest BCUT2D eigenvalue weighted by Crippen LogP contribution is -2.37.